The molecule has 0 amide bonds. The number of hydrogen-bond acceptors (Lipinski definition) is 6. The Kier molecular flexibility index (Phi) is 6.05. The molecule has 0 saturated carbocycles. The van der Waals surface area contributed by atoms with E-state index in [4.69, 9.17) is 9.84 Å². The molecule has 212 valence electrons. The highest BCUT2D eigenvalue weighted by atomic mass is 16.5. The SMILES string of the molecule is O=c1n(-c2ccccc2)c(=O)n2n1CC=C1C2Cn2c(=O)n(-c3ccccc3)c(=O)n2C1c1ccc(OCCO)cc1. The van der Waals surface area contributed by atoms with Gasteiger partial charge in [0, 0.05) is 0 Å². The van der Waals surface area contributed by atoms with Gasteiger partial charge in [-0.1, -0.05) is 54.6 Å². The second-order valence-corrected chi connectivity index (χ2v) is 10.1. The Morgan fingerprint density at radius 3 is 1.86 bits per heavy atom. The van der Waals surface area contributed by atoms with Gasteiger partial charge < -0.3 is 9.84 Å². The maximum Gasteiger partial charge on any atom is 0.352 e. The smallest absolute Gasteiger partial charge is 0.352 e. The highest BCUT2D eigenvalue weighted by molar-refractivity contribution is 5.38. The van der Waals surface area contributed by atoms with Gasteiger partial charge in [0.05, 0.1) is 37.1 Å². The number of aromatic nitrogens is 6. The van der Waals surface area contributed by atoms with Crippen LogP contribution in [0.5, 0.6) is 5.75 Å². The Balaban J connectivity index is 1.44. The van der Waals surface area contributed by atoms with Crippen molar-refractivity contribution in [1.29, 1.82) is 0 Å². The highest BCUT2D eigenvalue weighted by Gasteiger charge is 2.41. The molecule has 1 N–H and O–H groups in total. The fourth-order valence-electron chi connectivity index (χ4n) is 5.96. The van der Waals surface area contributed by atoms with Crippen LogP contribution in [0.25, 0.3) is 11.4 Å². The first kappa shape index (κ1) is 25.6. The molecule has 2 atom stereocenters. The first-order valence-electron chi connectivity index (χ1n) is 13.5. The van der Waals surface area contributed by atoms with E-state index in [1.165, 1.54) is 18.7 Å². The molecule has 0 bridgehead atoms. The minimum Gasteiger partial charge on any atom is -0.491 e. The zero-order valence-corrected chi connectivity index (χ0v) is 22.3. The van der Waals surface area contributed by atoms with Gasteiger partial charge in [-0.15, -0.1) is 0 Å². The summed E-state index contributed by atoms with van der Waals surface area (Å²) in [6.45, 7) is 0.0961. The molecule has 4 heterocycles. The standard InChI is InChI=1S/C30H26N6O6/c37-17-18-42-23-13-11-20(12-14-23)26-24-15-16-31-27(38)33(21-7-3-1-4-8-21)29(40)35(31)25(24)19-32-28(39)34(30(41)36(26)32)22-9-5-2-6-10-22/h1-15,25-26,37H,16-19H2. The molecule has 0 radical (unpaired) electrons. The molecule has 0 fully saturated rings. The number of para-hydroxylation sites is 2. The van der Waals surface area contributed by atoms with Crippen molar-refractivity contribution < 1.29 is 9.84 Å². The van der Waals surface area contributed by atoms with E-state index in [2.05, 4.69) is 0 Å². The normalized spacial score (nSPS) is 17.2. The molecule has 2 aliphatic heterocycles. The van der Waals surface area contributed by atoms with E-state index in [-0.39, 0.29) is 26.3 Å². The summed E-state index contributed by atoms with van der Waals surface area (Å²) in [7, 11) is 0. The molecule has 0 aliphatic carbocycles. The van der Waals surface area contributed by atoms with Crippen LogP contribution in [-0.2, 0) is 13.1 Å². The van der Waals surface area contributed by atoms with Crippen LogP contribution in [0, 0.1) is 0 Å². The van der Waals surface area contributed by atoms with Crippen LogP contribution in [0.15, 0.2) is 116 Å². The molecule has 2 unspecified atom stereocenters. The Bertz CT molecular complexity index is 2060. The number of aliphatic hydroxyl groups is 1. The third-order valence-corrected chi connectivity index (χ3v) is 7.79. The average molecular weight is 567 g/mol. The summed E-state index contributed by atoms with van der Waals surface area (Å²) in [5.74, 6) is 0.536. The van der Waals surface area contributed by atoms with Crippen molar-refractivity contribution in [2.24, 2.45) is 0 Å². The van der Waals surface area contributed by atoms with E-state index in [9.17, 15) is 19.2 Å². The minimum atomic E-state index is -0.739. The summed E-state index contributed by atoms with van der Waals surface area (Å²) in [4.78, 5) is 55.1. The van der Waals surface area contributed by atoms with Gasteiger partial charge in [-0.2, -0.15) is 0 Å². The number of aliphatic hydroxyl groups excluding tert-OH is 1. The van der Waals surface area contributed by atoms with Crippen LogP contribution in [0.4, 0.5) is 0 Å². The van der Waals surface area contributed by atoms with Gasteiger partial charge in [-0.25, -0.2) is 47.0 Å². The first-order chi connectivity index (χ1) is 20.5. The van der Waals surface area contributed by atoms with Crippen LogP contribution < -0.4 is 27.5 Å². The monoisotopic (exact) mass is 566 g/mol. The number of ether oxygens (including phenoxy) is 1. The first-order valence-corrected chi connectivity index (χ1v) is 13.5. The van der Waals surface area contributed by atoms with Crippen molar-refractivity contribution >= 4 is 0 Å². The van der Waals surface area contributed by atoms with E-state index in [0.29, 0.717) is 22.7 Å². The van der Waals surface area contributed by atoms with E-state index >= 15 is 0 Å². The van der Waals surface area contributed by atoms with Gasteiger partial charge in [-0.05, 0) is 47.5 Å². The zero-order valence-electron chi connectivity index (χ0n) is 22.3. The summed E-state index contributed by atoms with van der Waals surface area (Å²) in [6.07, 6.45) is 1.86. The Labute approximate surface area is 237 Å². The van der Waals surface area contributed by atoms with Gasteiger partial charge in [0.15, 0.2) is 0 Å². The molecular formula is C30H26N6O6. The quantitative estimate of drug-likeness (QED) is 0.307. The highest BCUT2D eigenvalue weighted by Crippen LogP contribution is 2.39. The number of nitrogens with zero attached hydrogens (tertiary/aromatic N) is 6. The van der Waals surface area contributed by atoms with Gasteiger partial charge >= 0.3 is 22.8 Å². The van der Waals surface area contributed by atoms with Crippen molar-refractivity contribution in [3.63, 3.8) is 0 Å². The fraction of sp³-hybridized carbons (Fsp3) is 0.200. The molecule has 3 aromatic carbocycles. The molecule has 0 saturated heterocycles. The number of allylic oxidation sites excluding steroid dienone is 2. The summed E-state index contributed by atoms with van der Waals surface area (Å²) >= 11 is 0. The van der Waals surface area contributed by atoms with Crippen molar-refractivity contribution in [2.45, 2.75) is 25.2 Å². The van der Waals surface area contributed by atoms with Gasteiger partial charge in [-0.3, -0.25) is 0 Å². The Morgan fingerprint density at radius 2 is 1.26 bits per heavy atom. The van der Waals surface area contributed by atoms with Crippen LogP contribution in [-0.4, -0.2) is 46.2 Å². The summed E-state index contributed by atoms with van der Waals surface area (Å²) in [6, 6.07) is 23.0. The molecular weight excluding hydrogens is 540 g/mol. The molecule has 0 spiro atoms. The number of rotatable bonds is 6. The van der Waals surface area contributed by atoms with Crippen LogP contribution in [0.2, 0.25) is 0 Å². The van der Waals surface area contributed by atoms with Crippen LogP contribution >= 0.6 is 0 Å². The number of fused-ring (bicyclic) bond motifs is 4. The van der Waals surface area contributed by atoms with Crippen molar-refractivity contribution in [3.05, 3.63) is 144 Å². The van der Waals surface area contributed by atoms with Gasteiger partial charge in [0.25, 0.3) is 0 Å². The van der Waals surface area contributed by atoms with Crippen molar-refractivity contribution in [2.75, 3.05) is 13.2 Å². The molecule has 42 heavy (non-hydrogen) atoms. The van der Waals surface area contributed by atoms with E-state index in [1.54, 1.807) is 84.9 Å². The maximum absolute atomic E-state index is 14.0. The fourth-order valence-corrected chi connectivity index (χ4v) is 5.96. The van der Waals surface area contributed by atoms with Gasteiger partial charge in [0.2, 0.25) is 0 Å². The molecule has 12 nitrogen and oxygen atoms in total. The lowest BCUT2D eigenvalue weighted by Gasteiger charge is -2.37. The predicted octanol–water partition coefficient (Wildman–Crippen LogP) is 1.07. The van der Waals surface area contributed by atoms with Gasteiger partial charge in [0.1, 0.15) is 18.4 Å². The summed E-state index contributed by atoms with van der Waals surface area (Å²) in [5.41, 5.74) is 0.198. The second kappa shape index (κ2) is 9.93. The average Bonchev–Trinajstić information content (AvgIpc) is 3.43. The Morgan fingerprint density at radius 1 is 0.690 bits per heavy atom. The third-order valence-electron chi connectivity index (χ3n) is 7.79. The lowest BCUT2D eigenvalue weighted by Crippen LogP contribution is -2.46. The van der Waals surface area contributed by atoms with E-state index < -0.39 is 34.8 Å². The molecule has 2 aliphatic rings. The van der Waals surface area contributed by atoms with Crippen molar-refractivity contribution in [3.8, 4) is 17.1 Å². The summed E-state index contributed by atoms with van der Waals surface area (Å²) in [5, 5.41) is 9.11. The molecule has 2 aromatic heterocycles. The van der Waals surface area contributed by atoms with Crippen LogP contribution in [0.1, 0.15) is 17.6 Å². The van der Waals surface area contributed by atoms with E-state index in [0.717, 1.165) is 14.7 Å². The lowest BCUT2D eigenvalue weighted by molar-refractivity contribution is 0.201. The topological polar surface area (TPSA) is 127 Å². The third kappa shape index (κ3) is 3.79. The molecule has 7 rings (SSSR count). The second-order valence-electron chi connectivity index (χ2n) is 10.1. The number of hydrogen-bond donors (Lipinski definition) is 1. The lowest BCUT2D eigenvalue weighted by atomic mass is 9.90. The predicted molar refractivity (Wildman–Crippen MR) is 153 cm³/mol. The van der Waals surface area contributed by atoms with Crippen LogP contribution in [0.3, 0.4) is 0 Å². The van der Waals surface area contributed by atoms with Crippen molar-refractivity contribution in [1.82, 2.24) is 27.9 Å². The minimum absolute atomic E-state index is 0.0217. The Hall–Kier alpha value is -5.36. The summed E-state index contributed by atoms with van der Waals surface area (Å²) < 4.78 is 13.3. The largest absolute Gasteiger partial charge is 0.491 e. The van der Waals surface area contributed by atoms with E-state index in [1.807, 2.05) is 6.08 Å². The maximum atomic E-state index is 14.0. The zero-order chi connectivity index (χ0) is 29.0. The molecule has 12 heteroatoms. The number of benzene rings is 3. The molecule has 5 aromatic rings.